The van der Waals surface area contributed by atoms with Crippen molar-refractivity contribution in [3.8, 4) is 0 Å². The van der Waals surface area contributed by atoms with Gasteiger partial charge < -0.3 is 9.47 Å². The zero-order valence-electron chi connectivity index (χ0n) is 13.9. The standard InChI is InChI=1S/C17H16N2O4S2/c1-10-6-4-8-19-13(10)12(16(20)22-2)14(17(21)23-3)25-15(18-19)11-7-5-9-24-11/h4-9,13H,1-3H3. The van der Waals surface area contributed by atoms with Crippen LogP contribution in [0.4, 0.5) is 0 Å². The number of fused-ring (bicyclic) bond motifs is 1. The Hall–Kier alpha value is -2.32. The molecule has 0 radical (unpaired) electrons. The third-order valence-corrected chi connectivity index (χ3v) is 5.82. The van der Waals surface area contributed by atoms with E-state index < -0.39 is 18.0 Å². The number of carbonyl (C=O) groups excluding carboxylic acids is 2. The molecule has 0 aromatic carbocycles. The van der Waals surface area contributed by atoms with E-state index in [1.54, 1.807) is 11.2 Å². The lowest BCUT2D eigenvalue weighted by atomic mass is 9.96. The molecule has 2 aliphatic rings. The quantitative estimate of drug-likeness (QED) is 0.756. The average Bonchev–Trinajstić information content (AvgIpc) is 3.09. The highest BCUT2D eigenvalue weighted by atomic mass is 32.2. The van der Waals surface area contributed by atoms with Crippen LogP contribution >= 0.6 is 23.1 Å². The van der Waals surface area contributed by atoms with Crippen molar-refractivity contribution in [1.29, 1.82) is 0 Å². The van der Waals surface area contributed by atoms with Crippen LogP contribution in [-0.4, -0.2) is 42.3 Å². The van der Waals surface area contributed by atoms with Crippen molar-refractivity contribution < 1.29 is 19.1 Å². The monoisotopic (exact) mass is 376 g/mol. The summed E-state index contributed by atoms with van der Waals surface area (Å²) in [5.74, 6) is -1.16. The van der Waals surface area contributed by atoms with E-state index in [-0.39, 0.29) is 10.5 Å². The zero-order valence-corrected chi connectivity index (χ0v) is 15.5. The molecule has 0 fully saturated rings. The predicted molar refractivity (Wildman–Crippen MR) is 98.0 cm³/mol. The molecule has 1 aromatic heterocycles. The first-order valence-corrected chi connectivity index (χ1v) is 9.11. The Morgan fingerprint density at radius 3 is 2.64 bits per heavy atom. The van der Waals surface area contributed by atoms with Crippen LogP contribution in [0.1, 0.15) is 11.8 Å². The zero-order chi connectivity index (χ0) is 18.0. The Labute approximate surface area is 153 Å². The van der Waals surface area contributed by atoms with Gasteiger partial charge in [-0.25, -0.2) is 9.59 Å². The first-order chi connectivity index (χ1) is 12.1. The minimum absolute atomic E-state index is 0.192. The Morgan fingerprint density at radius 1 is 1.24 bits per heavy atom. The van der Waals surface area contributed by atoms with Crippen molar-refractivity contribution in [2.24, 2.45) is 5.10 Å². The second-order valence-corrected chi connectivity index (χ2v) is 7.19. The van der Waals surface area contributed by atoms with Gasteiger partial charge in [0.05, 0.1) is 24.7 Å². The van der Waals surface area contributed by atoms with Crippen LogP contribution in [0.2, 0.25) is 0 Å². The maximum Gasteiger partial charge on any atom is 0.345 e. The number of thioether (sulfide) groups is 1. The number of hydrogen-bond donors (Lipinski definition) is 0. The number of hydrazone groups is 1. The smallest absolute Gasteiger partial charge is 0.345 e. The van der Waals surface area contributed by atoms with Crippen LogP contribution < -0.4 is 0 Å². The van der Waals surface area contributed by atoms with E-state index in [9.17, 15) is 9.59 Å². The van der Waals surface area contributed by atoms with Gasteiger partial charge in [0.25, 0.3) is 0 Å². The third-order valence-electron chi connectivity index (χ3n) is 3.72. The normalized spacial score (nSPS) is 19.6. The minimum atomic E-state index is -0.584. The van der Waals surface area contributed by atoms with Gasteiger partial charge in [-0.15, -0.1) is 11.3 Å². The average molecular weight is 376 g/mol. The molecule has 1 aromatic rings. The van der Waals surface area contributed by atoms with E-state index in [0.29, 0.717) is 5.04 Å². The highest BCUT2D eigenvalue weighted by molar-refractivity contribution is 8.18. The molecule has 6 nitrogen and oxygen atoms in total. The van der Waals surface area contributed by atoms with Crippen LogP contribution in [-0.2, 0) is 19.1 Å². The van der Waals surface area contributed by atoms with Crippen LogP contribution in [0.15, 0.2) is 57.0 Å². The van der Waals surface area contributed by atoms with Gasteiger partial charge in [-0.3, -0.25) is 5.01 Å². The highest BCUT2D eigenvalue weighted by Crippen LogP contribution is 2.38. The van der Waals surface area contributed by atoms with Crippen molar-refractivity contribution in [3.63, 3.8) is 0 Å². The molecule has 3 heterocycles. The molecule has 3 rings (SSSR count). The van der Waals surface area contributed by atoms with Crippen LogP contribution in [0.3, 0.4) is 0 Å². The number of thiophene rings is 1. The summed E-state index contributed by atoms with van der Waals surface area (Å²) in [5, 5.41) is 8.90. The second-order valence-electron chi connectivity index (χ2n) is 5.25. The molecule has 25 heavy (non-hydrogen) atoms. The van der Waals surface area contributed by atoms with Crippen molar-refractivity contribution in [3.05, 3.63) is 56.8 Å². The lowest BCUT2D eigenvalue weighted by Gasteiger charge is -2.29. The van der Waals surface area contributed by atoms with E-state index in [0.717, 1.165) is 22.2 Å². The van der Waals surface area contributed by atoms with Crippen LogP contribution in [0, 0.1) is 0 Å². The summed E-state index contributed by atoms with van der Waals surface area (Å²) in [6.07, 6.45) is 5.51. The van der Waals surface area contributed by atoms with Crippen LogP contribution in [0.5, 0.6) is 0 Å². The van der Waals surface area contributed by atoms with Gasteiger partial charge in [-0.1, -0.05) is 23.9 Å². The molecule has 0 saturated carbocycles. The molecule has 0 saturated heterocycles. The summed E-state index contributed by atoms with van der Waals surface area (Å²) in [7, 11) is 2.59. The molecule has 1 atom stereocenters. The van der Waals surface area contributed by atoms with Gasteiger partial charge >= 0.3 is 11.9 Å². The summed E-state index contributed by atoms with van der Waals surface area (Å²) in [6, 6.07) is 3.31. The molecule has 0 bridgehead atoms. The largest absolute Gasteiger partial charge is 0.466 e. The number of allylic oxidation sites excluding steroid dienone is 2. The van der Waals surface area contributed by atoms with Crippen molar-refractivity contribution in [2.75, 3.05) is 14.2 Å². The summed E-state index contributed by atoms with van der Waals surface area (Å²) in [6.45, 7) is 1.88. The second kappa shape index (κ2) is 7.28. The van der Waals surface area contributed by atoms with Crippen LogP contribution in [0.25, 0.3) is 0 Å². The fourth-order valence-electron chi connectivity index (χ4n) is 2.58. The molecule has 0 amide bonds. The first-order valence-electron chi connectivity index (χ1n) is 7.41. The van der Waals surface area contributed by atoms with E-state index in [4.69, 9.17) is 9.47 Å². The molecule has 0 N–H and O–H groups in total. The van der Waals surface area contributed by atoms with Crippen molar-refractivity contribution >= 4 is 40.1 Å². The number of ether oxygens (including phenoxy) is 2. The molecule has 0 aliphatic carbocycles. The molecule has 0 spiro atoms. The summed E-state index contributed by atoms with van der Waals surface area (Å²) < 4.78 is 9.87. The fourth-order valence-corrected chi connectivity index (χ4v) is 4.42. The fraction of sp³-hybridized carbons (Fsp3) is 0.235. The number of carbonyl (C=O) groups is 2. The van der Waals surface area contributed by atoms with E-state index in [2.05, 4.69) is 5.10 Å². The molecule has 2 aliphatic heterocycles. The first kappa shape index (κ1) is 17.5. The summed E-state index contributed by atoms with van der Waals surface area (Å²) in [5.41, 5.74) is 1.11. The minimum Gasteiger partial charge on any atom is -0.466 e. The predicted octanol–water partition coefficient (Wildman–Crippen LogP) is 2.90. The molecular weight excluding hydrogens is 360 g/mol. The lowest BCUT2D eigenvalue weighted by Crippen LogP contribution is -2.35. The SMILES string of the molecule is COC(=O)C1=C(C(=O)OC)C2C(C)=CC=CN2N=C(c2cccs2)S1. The number of nitrogens with zero attached hydrogens (tertiary/aromatic N) is 2. The molecule has 130 valence electrons. The maximum absolute atomic E-state index is 12.5. The van der Waals surface area contributed by atoms with E-state index in [1.165, 1.54) is 25.6 Å². The topological polar surface area (TPSA) is 68.2 Å². The van der Waals surface area contributed by atoms with Gasteiger partial charge in [0.2, 0.25) is 0 Å². The number of esters is 2. The lowest BCUT2D eigenvalue weighted by molar-refractivity contribution is -0.139. The molecular formula is C17H16N2O4S2. The van der Waals surface area contributed by atoms with Gasteiger partial charge in [0.1, 0.15) is 16.0 Å². The maximum atomic E-state index is 12.5. The van der Waals surface area contributed by atoms with E-state index in [1.807, 2.05) is 36.6 Å². The van der Waals surface area contributed by atoms with Gasteiger partial charge in [-0.05, 0) is 30.0 Å². The Bertz CT molecular complexity index is 822. The van der Waals surface area contributed by atoms with Gasteiger partial charge in [-0.2, -0.15) is 5.10 Å². The van der Waals surface area contributed by atoms with E-state index >= 15 is 0 Å². The van der Waals surface area contributed by atoms with Crippen molar-refractivity contribution in [1.82, 2.24) is 5.01 Å². The molecule has 1 unspecified atom stereocenters. The summed E-state index contributed by atoms with van der Waals surface area (Å²) in [4.78, 5) is 26.0. The van der Waals surface area contributed by atoms with Gasteiger partial charge in [0.15, 0.2) is 0 Å². The Balaban J connectivity index is 2.22. The third kappa shape index (κ3) is 3.27. The Morgan fingerprint density at radius 2 is 2.00 bits per heavy atom. The van der Waals surface area contributed by atoms with Crippen molar-refractivity contribution in [2.45, 2.75) is 13.0 Å². The number of rotatable bonds is 3. The Kier molecular flexibility index (Phi) is 5.10. The molecule has 8 heteroatoms. The number of hydrogen-bond acceptors (Lipinski definition) is 8. The number of methoxy groups -OCH3 is 2. The van der Waals surface area contributed by atoms with Gasteiger partial charge in [0, 0.05) is 6.20 Å². The summed E-state index contributed by atoms with van der Waals surface area (Å²) >= 11 is 2.63. The highest BCUT2D eigenvalue weighted by Gasteiger charge is 2.38.